The molecule has 1 aliphatic heterocycles. The minimum Gasteiger partial charge on any atom is -0.486 e. The molecular formula is C24H32N4O4. The molecule has 1 heterocycles. The predicted octanol–water partition coefficient (Wildman–Crippen LogP) is 3.11. The minimum absolute atomic E-state index is 0.00898. The first-order chi connectivity index (χ1) is 15.3. The smallest absolute Gasteiger partial charge is 0.323 e. The number of urea groups is 1. The number of fused-ring (bicyclic) bond motifs is 1. The van der Waals surface area contributed by atoms with Crippen LogP contribution in [0.3, 0.4) is 0 Å². The lowest BCUT2D eigenvalue weighted by atomic mass is 9.99. The number of aliphatic hydroxyl groups is 1. The van der Waals surface area contributed by atoms with Crippen molar-refractivity contribution in [3.05, 3.63) is 54.1 Å². The number of anilines is 2. The van der Waals surface area contributed by atoms with Crippen molar-refractivity contribution < 1.29 is 19.4 Å². The molecule has 0 saturated heterocycles. The van der Waals surface area contributed by atoms with Gasteiger partial charge in [-0.15, -0.1) is 0 Å². The number of aliphatic hydroxyl groups excluding tert-OH is 1. The summed E-state index contributed by atoms with van der Waals surface area (Å²) in [6, 6.07) is 13.5. The third-order valence-corrected chi connectivity index (χ3v) is 5.52. The highest BCUT2D eigenvalue weighted by Crippen LogP contribution is 2.35. The van der Waals surface area contributed by atoms with E-state index in [2.05, 4.69) is 10.6 Å². The van der Waals surface area contributed by atoms with E-state index in [4.69, 9.17) is 4.74 Å². The van der Waals surface area contributed by atoms with Crippen LogP contribution in [0.4, 0.5) is 16.2 Å². The van der Waals surface area contributed by atoms with Crippen LogP contribution in [0, 0.1) is 5.92 Å². The molecule has 172 valence electrons. The summed E-state index contributed by atoms with van der Waals surface area (Å²) in [7, 11) is 3.93. The van der Waals surface area contributed by atoms with Crippen LogP contribution in [0.2, 0.25) is 0 Å². The van der Waals surface area contributed by atoms with Crippen LogP contribution >= 0.6 is 0 Å². The highest BCUT2D eigenvalue weighted by atomic mass is 16.5. The van der Waals surface area contributed by atoms with Crippen molar-refractivity contribution in [2.45, 2.75) is 26.0 Å². The lowest BCUT2D eigenvalue weighted by Gasteiger charge is -2.38. The Balaban J connectivity index is 1.96. The van der Waals surface area contributed by atoms with Crippen LogP contribution in [0.25, 0.3) is 0 Å². The molecule has 2 aromatic rings. The molecule has 0 unspecified atom stereocenters. The summed E-state index contributed by atoms with van der Waals surface area (Å²) >= 11 is 0. The van der Waals surface area contributed by atoms with E-state index in [9.17, 15) is 14.7 Å². The van der Waals surface area contributed by atoms with Gasteiger partial charge in [0.1, 0.15) is 6.10 Å². The molecule has 8 nitrogen and oxygen atoms in total. The molecule has 3 amide bonds. The van der Waals surface area contributed by atoms with Gasteiger partial charge in [-0.3, -0.25) is 4.79 Å². The van der Waals surface area contributed by atoms with Crippen LogP contribution in [0.15, 0.2) is 48.5 Å². The monoisotopic (exact) mass is 440 g/mol. The number of hydrogen-bond donors (Lipinski definition) is 3. The van der Waals surface area contributed by atoms with Gasteiger partial charge in [-0.25, -0.2) is 4.79 Å². The first-order valence-electron chi connectivity index (χ1n) is 10.8. The molecule has 3 atom stereocenters. The number of carbonyl (C=O) groups excluding carboxylic acids is 2. The fourth-order valence-electron chi connectivity index (χ4n) is 3.73. The summed E-state index contributed by atoms with van der Waals surface area (Å²) in [6.07, 6.45) is -0.217. The number of likely N-dealkylation sites (N-methyl/N-ethyl adjacent to an activating group) is 1. The second-order valence-electron chi connectivity index (χ2n) is 8.51. The van der Waals surface area contributed by atoms with E-state index in [0.717, 1.165) is 0 Å². The quantitative estimate of drug-likeness (QED) is 0.642. The standard InChI is InChI=1S/C24H32N4O4/c1-16-13-28(17(2)15-29)23(30)19-11-8-12-20(22(19)32-21(16)14-27(3)4)26-24(31)25-18-9-6-5-7-10-18/h5-12,16-17,21,29H,13-15H2,1-4H3,(H2,25,26,31)/t16-,17-,21+/m1/s1. The van der Waals surface area contributed by atoms with Crippen molar-refractivity contribution in [3.63, 3.8) is 0 Å². The number of nitrogens with zero attached hydrogens (tertiary/aromatic N) is 2. The molecule has 3 N–H and O–H groups in total. The molecule has 0 aromatic heterocycles. The molecule has 0 fully saturated rings. The van der Waals surface area contributed by atoms with Gasteiger partial charge in [-0.2, -0.15) is 0 Å². The molecule has 0 radical (unpaired) electrons. The second kappa shape index (κ2) is 10.5. The first-order valence-corrected chi connectivity index (χ1v) is 10.8. The van der Waals surface area contributed by atoms with Crippen molar-refractivity contribution >= 4 is 23.3 Å². The molecule has 2 aromatic carbocycles. The molecule has 8 heteroatoms. The molecule has 0 spiro atoms. The Hall–Kier alpha value is -3.10. The zero-order valence-corrected chi connectivity index (χ0v) is 19.0. The van der Waals surface area contributed by atoms with Gasteiger partial charge in [0, 0.05) is 24.7 Å². The fourth-order valence-corrected chi connectivity index (χ4v) is 3.73. The van der Waals surface area contributed by atoms with E-state index in [1.807, 2.05) is 51.0 Å². The third kappa shape index (κ3) is 5.57. The lowest BCUT2D eigenvalue weighted by molar-refractivity contribution is 0.0365. The van der Waals surface area contributed by atoms with E-state index >= 15 is 0 Å². The van der Waals surface area contributed by atoms with Crippen LogP contribution in [-0.4, -0.2) is 72.8 Å². The Bertz CT molecular complexity index is 935. The summed E-state index contributed by atoms with van der Waals surface area (Å²) in [5, 5.41) is 15.3. The zero-order valence-electron chi connectivity index (χ0n) is 19.0. The van der Waals surface area contributed by atoms with Crippen molar-refractivity contribution in [2.75, 3.05) is 44.4 Å². The molecule has 1 aliphatic rings. The normalized spacial score (nSPS) is 19.4. The van der Waals surface area contributed by atoms with E-state index in [0.29, 0.717) is 35.8 Å². The minimum atomic E-state index is -0.430. The number of nitrogens with one attached hydrogen (secondary N) is 2. The number of benzene rings is 2. The average Bonchev–Trinajstić information content (AvgIpc) is 2.76. The Labute approximate surface area is 189 Å². The maximum Gasteiger partial charge on any atom is 0.323 e. The second-order valence-corrected chi connectivity index (χ2v) is 8.51. The number of hydrogen-bond acceptors (Lipinski definition) is 5. The predicted molar refractivity (Wildman–Crippen MR) is 125 cm³/mol. The van der Waals surface area contributed by atoms with Gasteiger partial charge >= 0.3 is 6.03 Å². The van der Waals surface area contributed by atoms with Gasteiger partial charge < -0.3 is 30.3 Å². The molecule has 3 rings (SSSR count). The third-order valence-electron chi connectivity index (χ3n) is 5.52. The number of carbonyl (C=O) groups is 2. The Morgan fingerprint density at radius 2 is 1.91 bits per heavy atom. The van der Waals surface area contributed by atoms with Gasteiger partial charge in [0.25, 0.3) is 5.91 Å². The SMILES string of the molecule is C[C@@H]1CN([C@H](C)CO)C(=O)c2cccc(NC(=O)Nc3ccccc3)c2O[C@H]1CN(C)C. The number of rotatable bonds is 6. The Morgan fingerprint density at radius 3 is 2.56 bits per heavy atom. The highest BCUT2D eigenvalue weighted by Gasteiger charge is 2.34. The summed E-state index contributed by atoms with van der Waals surface area (Å²) in [5.74, 6) is 0.118. The van der Waals surface area contributed by atoms with Crippen molar-refractivity contribution in [1.29, 1.82) is 0 Å². The van der Waals surface area contributed by atoms with Gasteiger partial charge in [-0.05, 0) is 45.3 Å². The number of para-hydroxylation sites is 2. The van der Waals surface area contributed by atoms with E-state index in [-0.39, 0.29) is 30.6 Å². The fraction of sp³-hybridized carbons (Fsp3) is 0.417. The van der Waals surface area contributed by atoms with Crippen molar-refractivity contribution in [1.82, 2.24) is 9.80 Å². The van der Waals surface area contributed by atoms with Gasteiger partial charge in [0.05, 0.1) is 23.9 Å². The summed E-state index contributed by atoms with van der Waals surface area (Å²) < 4.78 is 6.38. The van der Waals surface area contributed by atoms with E-state index < -0.39 is 6.03 Å². The van der Waals surface area contributed by atoms with Crippen molar-refractivity contribution in [2.24, 2.45) is 5.92 Å². The van der Waals surface area contributed by atoms with Crippen LogP contribution < -0.4 is 15.4 Å². The van der Waals surface area contributed by atoms with Gasteiger partial charge in [-0.1, -0.05) is 31.2 Å². The lowest BCUT2D eigenvalue weighted by Crippen LogP contribution is -2.49. The number of amides is 3. The maximum absolute atomic E-state index is 13.4. The van der Waals surface area contributed by atoms with Gasteiger partial charge in [0.15, 0.2) is 5.75 Å². The summed E-state index contributed by atoms with van der Waals surface area (Å²) in [5.41, 5.74) is 1.43. The zero-order chi connectivity index (χ0) is 23.3. The van der Waals surface area contributed by atoms with Crippen LogP contribution in [-0.2, 0) is 0 Å². The van der Waals surface area contributed by atoms with E-state index in [1.165, 1.54) is 0 Å². The Kier molecular flexibility index (Phi) is 7.71. The maximum atomic E-state index is 13.4. The highest BCUT2D eigenvalue weighted by molar-refractivity contribution is 6.04. The topological polar surface area (TPSA) is 94.1 Å². The first kappa shape index (κ1) is 23.6. The molecule has 32 heavy (non-hydrogen) atoms. The molecular weight excluding hydrogens is 408 g/mol. The average molecular weight is 441 g/mol. The van der Waals surface area contributed by atoms with Crippen LogP contribution in [0.1, 0.15) is 24.2 Å². The van der Waals surface area contributed by atoms with E-state index in [1.54, 1.807) is 35.2 Å². The molecule has 0 saturated carbocycles. The Morgan fingerprint density at radius 1 is 1.19 bits per heavy atom. The van der Waals surface area contributed by atoms with Crippen molar-refractivity contribution in [3.8, 4) is 5.75 Å². The summed E-state index contributed by atoms with van der Waals surface area (Å²) in [6.45, 7) is 4.82. The summed E-state index contributed by atoms with van der Waals surface area (Å²) in [4.78, 5) is 29.7. The largest absolute Gasteiger partial charge is 0.486 e. The molecule has 0 bridgehead atoms. The number of ether oxygens (including phenoxy) is 1. The molecule has 0 aliphatic carbocycles. The van der Waals surface area contributed by atoms with Crippen LogP contribution in [0.5, 0.6) is 5.75 Å². The van der Waals surface area contributed by atoms with Gasteiger partial charge in [0.2, 0.25) is 0 Å².